The Kier molecular flexibility index (Phi) is 3.03. The van der Waals surface area contributed by atoms with Gasteiger partial charge in [0.05, 0.1) is 5.69 Å². The van der Waals surface area contributed by atoms with Crippen molar-refractivity contribution in [3.63, 3.8) is 0 Å². The molecule has 0 spiro atoms. The summed E-state index contributed by atoms with van der Waals surface area (Å²) >= 11 is 0. The molecule has 1 aliphatic carbocycles. The quantitative estimate of drug-likeness (QED) is 0.861. The zero-order valence-corrected chi connectivity index (χ0v) is 12.4. The van der Waals surface area contributed by atoms with E-state index in [4.69, 9.17) is 0 Å². The van der Waals surface area contributed by atoms with Crippen molar-refractivity contribution in [3.8, 4) is 0 Å². The lowest BCUT2D eigenvalue weighted by Crippen LogP contribution is -2.45. The zero-order valence-electron chi connectivity index (χ0n) is 12.4. The first kappa shape index (κ1) is 13.1. The van der Waals surface area contributed by atoms with Crippen LogP contribution in [0.4, 0.5) is 17.5 Å². The summed E-state index contributed by atoms with van der Waals surface area (Å²) in [5.41, 5.74) is 1.53. The lowest BCUT2D eigenvalue weighted by molar-refractivity contribution is -0.117. The van der Waals surface area contributed by atoms with Crippen LogP contribution in [0.1, 0.15) is 32.4 Å². The molecule has 1 aliphatic heterocycles. The number of anilines is 3. The fourth-order valence-electron chi connectivity index (χ4n) is 2.81. The van der Waals surface area contributed by atoms with Crippen LogP contribution in [-0.4, -0.2) is 35.0 Å². The third kappa shape index (κ3) is 2.09. The maximum atomic E-state index is 11.8. The number of carbonyl (C=O) groups excluding carboxylic acids is 1. The molecule has 0 unspecified atom stereocenters. The van der Waals surface area contributed by atoms with Crippen molar-refractivity contribution in [2.45, 2.75) is 45.7 Å². The van der Waals surface area contributed by atoms with Gasteiger partial charge in [0.25, 0.3) is 0 Å². The molecule has 0 saturated heterocycles. The summed E-state index contributed by atoms with van der Waals surface area (Å²) in [5.74, 6) is 2.22. The van der Waals surface area contributed by atoms with E-state index in [1.54, 1.807) is 0 Å². The SMILES string of the molecule is Cc1nc(N[C@H]2C[C@@H](C)C2)nc2c1NC(=O)[C@H](C)N2C. The van der Waals surface area contributed by atoms with Crippen LogP contribution in [0.3, 0.4) is 0 Å². The molecule has 1 saturated carbocycles. The van der Waals surface area contributed by atoms with Gasteiger partial charge in [-0.05, 0) is 32.6 Å². The number of aromatic nitrogens is 2. The summed E-state index contributed by atoms with van der Waals surface area (Å²) in [5, 5.41) is 6.28. The Balaban J connectivity index is 1.89. The van der Waals surface area contributed by atoms with Gasteiger partial charge in [0.15, 0.2) is 5.82 Å². The standard InChI is InChI=1S/C14H21N5O/c1-7-5-10(6-7)16-14-15-8(2)11-12(18-14)19(4)9(3)13(20)17-11/h7,9-10H,5-6H2,1-4H3,(H,17,20)(H,15,16,18)/t7-,9-,10+/m0/s1. The molecule has 1 amide bonds. The van der Waals surface area contributed by atoms with E-state index in [1.165, 1.54) is 12.8 Å². The molecule has 1 fully saturated rings. The van der Waals surface area contributed by atoms with Crippen molar-refractivity contribution in [2.75, 3.05) is 22.6 Å². The van der Waals surface area contributed by atoms with Crippen molar-refractivity contribution in [3.05, 3.63) is 5.69 Å². The summed E-state index contributed by atoms with van der Waals surface area (Å²) in [4.78, 5) is 22.8. The zero-order chi connectivity index (χ0) is 14.4. The minimum atomic E-state index is -0.214. The molecule has 0 radical (unpaired) electrons. The van der Waals surface area contributed by atoms with Crippen LogP contribution in [0.2, 0.25) is 0 Å². The van der Waals surface area contributed by atoms with Gasteiger partial charge < -0.3 is 15.5 Å². The van der Waals surface area contributed by atoms with Gasteiger partial charge >= 0.3 is 0 Å². The third-order valence-electron chi connectivity index (χ3n) is 4.32. The van der Waals surface area contributed by atoms with Crippen LogP contribution in [0.25, 0.3) is 0 Å². The van der Waals surface area contributed by atoms with E-state index in [0.29, 0.717) is 12.0 Å². The highest BCUT2D eigenvalue weighted by Gasteiger charge is 2.31. The summed E-state index contributed by atoms with van der Waals surface area (Å²) < 4.78 is 0. The van der Waals surface area contributed by atoms with Crippen LogP contribution in [-0.2, 0) is 4.79 Å². The number of aryl methyl sites for hydroxylation is 1. The molecule has 1 atom stereocenters. The van der Waals surface area contributed by atoms with E-state index in [9.17, 15) is 4.79 Å². The molecule has 2 heterocycles. The lowest BCUT2D eigenvalue weighted by atomic mass is 9.82. The molecule has 2 aliphatic rings. The third-order valence-corrected chi connectivity index (χ3v) is 4.32. The van der Waals surface area contributed by atoms with E-state index in [1.807, 2.05) is 25.8 Å². The van der Waals surface area contributed by atoms with Crippen molar-refractivity contribution < 1.29 is 4.79 Å². The summed E-state index contributed by atoms with van der Waals surface area (Å²) in [6.45, 7) is 6.03. The number of hydrogen-bond acceptors (Lipinski definition) is 5. The normalized spacial score (nSPS) is 28.5. The van der Waals surface area contributed by atoms with Crippen molar-refractivity contribution in [1.82, 2.24) is 9.97 Å². The minimum Gasteiger partial charge on any atom is -0.351 e. The van der Waals surface area contributed by atoms with Gasteiger partial charge in [-0.15, -0.1) is 0 Å². The Morgan fingerprint density at radius 3 is 2.65 bits per heavy atom. The Bertz CT molecular complexity index is 553. The number of fused-ring (bicyclic) bond motifs is 1. The molecule has 3 rings (SSSR count). The number of likely N-dealkylation sites (N-methyl/N-ethyl adjacent to an activating group) is 1. The Morgan fingerprint density at radius 1 is 1.30 bits per heavy atom. The van der Waals surface area contributed by atoms with Gasteiger partial charge in [-0.3, -0.25) is 4.79 Å². The van der Waals surface area contributed by atoms with E-state index in [0.717, 1.165) is 23.1 Å². The van der Waals surface area contributed by atoms with Gasteiger partial charge in [0, 0.05) is 13.1 Å². The van der Waals surface area contributed by atoms with Crippen LogP contribution in [0.15, 0.2) is 0 Å². The molecular weight excluding hydrogens is 254 g/mol. The Hall–Kier alpha value is -1.85. The first-order valence-corrected chi connectivity index (χ1v) is 7.14. The Labute approximate surface area is 119 Å². The maximum absolute atomic E-state index is 11.8. The van der Waals surface area contributed by atoms with Crippen molar-refractivity contribution >= 4 is 23.4 Å². The van der Waals surface area contributed by atoms with Gasteiger partial charge in [0.1, 0.15) is 11.7 Å². The molecule has 2 N–H and O–H groups in total. The molecule has 20 heavy (non-hydrogen) atoms. The van der Waals surface area contributed by atoms with Crippen LogP contribution in [0, 0.1) is 12.8 Å². The van der Waals surface area contributed by atoms with Crippen LogP contribution >= 0.6 is 0 Å². The number of rotatable bonds is 2. The smallest absolute Gasteiger partial charge is 0.246 e. The summed E-state index contributed by atoms with van der Waals surface area (Å²) in [6.07, 6.45) is 2.34. The van der Waals surface area contributed by atoms with Crippen LogP contribution < -0.4 is 15.5 Å². The maximum Gasteiger partial charge on any atom is 0.246 e. The molecule has 108 valence electrons. The predicted molar refractivity (Wildman–Crippen MR) is 79.1 cm³/mol. The molecule has 6 heteroatoms. The first-order valence-electron chi connectivity index (χ1n) is 7.14. The number of nitrogens with one attached hydrogen (secondary N) is 2. The monoisotopic (exact) mass is 275 g/mol. The lowest BCUT2D eigenvalue weighted by Gasteiger charge is -2.35. The Morgan fingerprint density at radius 2 is 2.00 bits per heavy atom. The highest BCUT2D eigenvalue weighted by molar-refractivity contribution is 6.03. The predicted octanol–water partition coefficient (Wildman–Crippen LogP) is 1.77. The van der Waals surface area contributed by atoms with Crippen molar-refractivity contribution in [1.29, 1.82) is 0 Å². The van der Waals surface area contributed by atoms with Gasteiger partial charge in [0.2, 0.25) is 11.9 Å². The first-order chi connectivity index (χ1) is 9.45. The van der Waals surface area contributed by atoms with E-state index in [-0.39, 0.29) is 11.9 Å². The van der Waals surface area contributed by atoms with E-state index < -0.39 is 0 Å². The minimum absolute atomic E-state index is 0.0137. The average molecular weight is 275 g/mol. The number of hydrogen-bond donors (Lipinski definition) is 2. The molecule has 0 aromatic carbocycles. The second-order valence-corrected chi connectivity index (χ2v) is 6.03. The highest BCUT2D eigenvalue weighted by atomic mass is 16.2. The largest absolute Gasteiger partial charge is 0.351 e. The second kappa shape index (κ2) is 4.61. The molecule has 0 bridgehead atoms. The van der Waals surface area contributed by atoms with Crippen LogP contribution in [0.5, 0.6) is 0 Å². The molecule has 1 aromatic heterocycles. The van der Waals surface area contributed by atoms with Gasteiger partial charge in [-0.25, -0.2) is 4.98 Å². The van der Waals surface area contributed by atoms with E-state index >= 15 is 0 Å². The topological polar surface area (TPSA) is 70.1 Å². The van der Waals surface area contributed by atoms with Gasteiger partial charge in [-0.1, -0.05) is 6.92 Å². The van der Waals surface area contributed by atoms with E-state index in [2.05, 4.69) is 27.5 Å². The fourth-order valence-corrected chi connectivity index (χ4v) is 2.81. The van der Waals surface area contributed by atoms with Gasteiger partial charge in [-0.2, -0.15) is 4.98 Å². The van der Waals surface area contributed by atoms with Crippen molar-refractivity contribution in [2.24, 2.45) is 5.92 Å². The molecular formula is C14H21N5O. The summed E-state index contributed by atoms with van der Waals surface area (Å²) in [6, 6.07) is 0.261. The fraction of sp³-hybridized carbons (Fsp3) is 0.643. The number of nitrogens with zero attached hydrogens (tertiary/aromatic N) is 3. The second-order valence-electron chi connectivity index (χ2n) is 6.03. The average Bonchev–Trinajstić information content (AvgIpc) is 2.36. The number of carbonyl (C=O) groups is 1. The number of amides is 1. The molecule has 1 aromatic rings. The summed E-state index contributed by atoms with van der Waals surface area (Å²) in [7, 11) is 1.89. The molecule has 6 nitrogen and oxygen atoms in total. The highest BCUT2D eigenvalue weighted by Crippen LogP contribution is 2.33.